The summed E-state index contributed by atoms with van der Waals surface area (Å²) < 4.78 is 14.7. The Bertz CT molecular complexity index is 697. The van der Waals surface area contributed by atoms with Crippen LogP contribution < -0.4 is 10.6 Å². The topological polar surface area (TPSA) is 59.0 Å². The van der Waals surface area contributed by atoms with Crippen LogP contribution in [-0.4, -0.2) is 28.8 Å². The average Bonchev–Trinajstić information content (AvgIpc) is 2.85. The third kappa shape index (κ3) is 3.94. The Morgan fingerprint density at radius 3 is 2.67 bits per heavy atom. The number of rotatable bonds is 5. The lowest BCUT2D eigenvalue weighted by Crippen LogP contribution is -2.49. The minimum absolute atomic E-state index is 0. The first-order chi connectivity index (χ1) is 11.0. The molecule has 7 heteroatoms. The van der Waals surface area contributed by atoms with Gasteiger partial charge in [-0.05, 0) is 50.2 Å². The molecular formula is C17H22ClFN4O. The van der Waals surface area contributed by atoms with Gasteiger partial charge in [-0.2, -0.15) is 5.10 Å². The fraction of sp³-hybridized carbons (Fsp3) is 0.412. The number of aromatic nitrogens is 2. The zero-order valence-electron chi connectivity index (χ0n) is 13.8. The molecule has 2 aromatic rings. The molecule has 0 radical (unpaired) electrons. The largest absolute Gasteiger partial charge is 0.352 e. The number of nitrogens with one attached hydrogen (secondary N) is 2. The van der Waals surface area contributed by atoms with Gasteiger partial charge in [-0.3, -0.25) is 4.79 Å². The van der Waals surface area contributed by atoms with Crippen LogP contribution in [-0.2, 0) is 11.3 Å². The number of halogens is 2. The highest BCUT2D eigenvalue weighted by Gasteiger charge is 2.28. The van der Waals surface area contributed by atoms with E-state index in [-0.39, 0.29) is 30.0 Å². The lowest BCUT2D eigenvalue weighted by molar-refractivity contribution is -0.126. The van der Waals surface area contributed by atoms with Gasteiger partial charge in [-0.25, -0.2) is 9.07 Å². The number of amides is 1. The Kier molecular flexibility index (Phi) is 5.96. The van der Waals surface area contributed by atoms with Crippen molar-refractivity contribution >= 4 is 18.3 Å². The van der Waals surface area contributed by atoms with Gasteiger partial charge in [-0.15, -0.1) is 12.4 Å². The summed E-state index contributed by atoms with van der Waals surface area (Å²) in [5.74, 6) is 0.247. The predicted molar refractivity (Wildman–Crippen MR) is 92.9 cm³/mol. The average molecular weight is 353 g/mol. The molecule has 1 aromatic heterocycles. The molecule has 2 heterocycles. The molecule has 24 heavy (non-hydrogen) atoms. The number of benzene rings is 1. The molecule has 130 valence electrons. The molecule has 3 rings (SSSR count). The highest BCUT2D eigenvalue weighted by atomic mass is 35.5. The van der Waals surface area contributed by atoms with Crippen LogP contribution in [0.1, 0.15) is 18.2 Å². The quantitative estimate of drug-likeness (QED) is 0.867. The second-order valence-electron chi connectivity index (χ2n) is 6.09. The van der Waals surface area contributed by atoms with Crippen LogP contribution in [0, 0.1) is 24.6 Å². The number of carbonyl (C=O) groups excluding carboxylic acids is 1. The minimum Gasteiger partial charge on any atom is -0.352 e. The lowest BCUT2D eigenvalue weighted by atomic mass is 9.88. The normalized spacial score (nSPS) is 15.3. The van der Waals surface area contributed by atoms with Crippen LogP contribution in [0.4, 0.5) is 4.39 Å². The maximum absolute atomic E-state index is 13.0. The standard InChI is InChI=1S/C17H21FN4O.ClH/c1-11(13-7-19-8-13)17(23)20-9-14-10-22(21-12(14)2)16-5-3-15(18)4-6-16;/h3-6,10-11,13,19H,7-9H2,1-2H3,(H,20,23);1H. The van der Waals surface area contributed by atoms with Gasteiger partial charge < -0.3 is 10.6 Å². The molecule has 1 atom stereocenters. The fourth-order valence-electron chi connectivity index (χ4n) is 2.62. The first-order valence-electron chi connectivity index (χ1n) is 7.84. The van der Waals surface area contributed by atoms with E-state index in [2.05, 4.69) is 15.7 Å². The third-order valence-electron chi connectivity index (χ3n) is 4.48. The predicted octanol–water partition coefficient (Wildman–Crippen LogP) is 2.21. The van der Waals surface area contributed by atoms with Gasteiger partial charge in [0.1, 0.15) is 5.82 Å². The Hall–Kier alpha value is -1.92. The van der Waals surface area contributed by atoms with Crippen LogP contribution in [0.3, 0.4) is 0 Å². The Labute approximate surface area is 147 Å². The van der Waals surface area contributed by atoms with Gasteiger partial charge in [-0.1, -0.05) is 6.92 Å². The van der Waals surface area contributed by atoms with Crippen molar-refractivity contribution in [2.24, 2.45) is 11.8 Å². The van der Waals surface area contributed by atoms with E-state index in [1.807, 2.05) is 20.0 Å². The van der Waals surface area contributed by atoms with Crippen LogP contribution >= 0.6 is 12.4 Å². The van der Waals surface area contributed by atoms with Crippen molar-refractivity contribution in [1.82, 2.24) is 20.4 Å². The van der Waals surface area contributed by atoms with Gasteiger partial charge in [0, 0.05) is 24.2 Å². The number of hydrogen-bond donors (Lipinski definition) is 2. The van der Waals surface area contributed by atoms with E-state index in [9.17, 15) is 9.18 Å². The summed E-state index contributed by atoms with van der Waals surface area (Å²) >= 11 is 0. The van der Waals surface area contributed by atoms with E-state index in [0.29, 0.717) is 12.5 Å². The first-order valence-corrected chi connectivity index (χ1v) is 7.84. The summed E-state index contributed by atoms with van der Waals surface area (Å²) in [4.78, 5) is 12.2. The summed E-state index contributed by atoms with van der Waals surface area (Å²) in [6.45, 7) is 6.15. The molecule has 1 aromatic carbocycles. The van der Waals surface area contributed by atoms with Crippen LogP contribution in [0.2, 0.25) is 0 Å². The van der Waals surface area contributed by atoms with Gasteiger partial charge in [0.2, 0.25) is 5.91 Å². The second kappa shape index (κ2) is 7.77. The molecule has 0 spiro atoms. The Balaban J connectivity index is 0.00000208. The molecule has 2 N–H and O–H groups in total. The highest BCUT2D eigenvalue weighted by molar-refractivity contribution is 5.85. The zero-order valence-corrected chi connectivity index (χ0v) is 14.6. The van der Waals surface area contributed by atoms with Crippen molar-refractivity contribution in [3.05, 3.63) is 47.5 Å². The van der Waals surface area contributed by atoms with Crippen molar-refractivity contribution in [3.63, 3.8) is 0 Å². The van der Waals surface area contributed by atoms with E-state index in [1.165, 1.54) is 12.1 Å². The number of aryl methyl sites for hydroxylation is 1. The molecule has 5 nitrogen and oxygen atoms in total. The Morgan fingerprint density at radius 2 is 2.08 bits per heavy atom. The molecule has 1 amide bonds. The number of hydrogen-bond acceptors (Lipinski definition) is 3. The zero-order chi connectivity index (χ0) is 16.4. The molecule has 0 bridgehead atoms. The smallest absolute Gasteiger partial charge is 0.223 e. The van der Waals surface area contributed by atoms with Crippen molar-refractivity contribution in [3.8, 4) is 5.69 Å². The van der Waals surface area contributed by atoms with Gasteiger partial charge in [0.05, 0.1) is 11.4 Å². The molecule has 1 unspecified atom stereocenters. The van der Waals surface area contributed by atoms with Crippen molar-refractivity contribution in [2.45, 2.75) is 20.4 Å². The SMILES string of the molecule is Cc1nn(-c2ccc(F)cc2)cc1CNC(=O)C(C)C1CNC1.Cl. The molecule has 1 aliphatic rings. The van der Waals surface area contributed by atoms with E-state index in [4.69, 9.17) is 0 Å². The van der Waals surface area contributed by atoms with Gasteiger partial charge in [0.25, 0.3) is 0 Å². The van der Waals surface area contributed by atoms with Crippen molar-refractivity contribution in [2.75, 3.05) is 13.1 Å². The molecule has 0 saturated carbocycles. The van der Waals surface area contributed by atoms with Crippen molar-refractivity contribution < 1.29 is 9.18 Å². The molecule has 0 aliphatic carbocycles. The van der Waals surface area contributed by atoms with E-state index in [0.717, 1.165) is 30.0 Å². The van der Waals surface area contributed by atoms with Crippen LogP contribution in [0.5, 0.6) is 0 Å². The van der Waals surface area contributed by atoms with Crippen LogP contribution in [0.25, 0.3) is 5.69 Å². The molecular weight excluding hydrogens is 331 g/mol. The summed E-state index contributed by atoms with van der Waals surface area (Å²) in [6.07, 6.45) is 1.87. The number of carbonyl (C=O) groups is 1. The maximum Gasteiger partial charge on any atom is 0.223 e. The summed E-state index contributed by atoms with van der Waals surface area (Å²) in [5.41, 5.74) is 2.61. The van der Waals surface area contributed by atoms with E-state index in [1.54, 1.807) is 16.8 Å². The molecule has 1 fully saturated rings. The van der Waals surface area contributed by atoms with Gasteiger partial charge in [0.15, 0.2) is 0 Å². The van der Waals surface area contributed by atoms with Crippen molar-refractivity contribution in [1.29, 1.82) is 0 Å². The maximum atomic E-state index is 13.0. The second-order valence-corrected chi connectivity index (χ2v) is 6.09. The summed E-state index contributed by atoms with van der Waals surface area (Å²) in [5, 5.41) is 10.6. The monoisotopic (exact) mass is 352 g/mol. The Morgan fingerprint density at radius 1 is 1.42 bits per heavy atom. The number of nitrogens with zero attached hydrogens (tertiary/aromatic N) is 2. The fourth-order valence-corrected chi connectivity index (χ4v) is 2.62. The minimum atomic E-state index is -0.274. The molecule has 1 saturated heterocycles. The third-order valence-corrected chi connectivity index (χ3v) is 4.48. The van der Waals surface area contributed by atoms with Crippen LogP contribution in [0.15, 0.2) is 30.5 Å². The van der Waals surface area contributed by atoms with E-state index >= 15 is 0 Å². The summed E-state index contributed by atoms with van der Waals surface area (Å²) in [7, 11) is 0. The highest BCUT2D eigenvalue weighted by Crippen LogP contribution is 2.17. The summed E-state index contributed by atoms with van der Waals surface area (Å²) in [6, 6.07) is 6.16. The van der Waals surface area contributed by atoms with Gasteiger partial charge >= 0.3 is 0 Å². The molecule has 1 aliphatic heterocycles. The first kappa shape index (κ1) is 18.4. The van der Waals surface area contributed by atoms with E-state index < -0.39 is 0 Å². The lowest BCUT2D eigenvalue weighted by Gasteiger charge is -2.31.